The highest BCUT2D eigenvalue weighted by Gasteiger charge is 2.30. The van der Waals surface area contributed by atoms with Crippen molar-refractivity contribution in [3.8, 4) is 0 Å². The van der Waals surface area contributed by atoms with Crippen LogP contribution in [0, 0.1) is 0 Å². The molecule has 28 heavy (non-hydrogen) atoms. The van der Waals surface area contributed by atoms with Crippen LogP contribution in [0.3, 0.4) is 0 Å². The molecule has 0 unspecified atom stereocenters. The molecule has 0 aliphatic carbocycles. The number of fused-ring (bicyclic) bond motifs is 1. The highest BCUT2D eigenvalue weighted by molar-refractivity contribution is 5.94. The van der Waals surface area contributed by atoms with Crippen LogP contribution < -0.4 is 5.32 Å². The van der Waals surface area contributed by atoms with Gasteiger partial charge >= 0.3 is 6.18 Å². The van der Waals surface area contributed by atoms with Gasteiger partial charge in [-0.25, -0.2) is 0 Å². The molecule has 0 radical (unpaired) electrons. The van der Waals surface area contributed by atoms with E-state index in [0.29, 0.717) is 6.54 Å². The lowest BCUT2D eigenvalue weighted by Crippen LogP contribution is -2.34. The molecule has 3 nitrogen and oxygen atoms in total. The first-order chi connectivity index (χ1) is 13.3. The van der Waals surface area contributed by atoms with Crippen LogP contribution in [0.25, 0.3) is 10.8 Å². The number of alkyl halides is 3. The van der Waals surface area contributed by atoms with Crippen LogP contribution in [0.15, 0.2) is 66.7 Å². The maximum absolute atomic E-state index is 12.7. The Morgan fingerprint density at radius 1 is 0.964 bits per heavy atom. The van der Waals surface area contributed by atoms with Crippen molar-refractivity contribution in [1.29, 1.82) is 0 Å². The number of amides is 1. The topological polar surface area (TPSA) is 32.3 Å². The van der Waals surface area contributed by atoms with Gasteiger partial charge in [-0.2, -0.15) is 13.2 Å². The van der Waals surface area contributed by atoms with Crippen LogP contribution >= 0.6 is 0 Å². The molecule has 146 valence electrons. The quantitative estimate of drug-likeness (QED) is 0.677. The standard InChI is InChI=1S/C22H21F3N2O/c1-27(2)20(19-9-5-7-15-6-3-4-8-18(15)19)14-26-21(28)16-10-12-17(13-11-16)22(23,24)25/h3-13,20H,14H2,1-2H3,(H,26,28)/t20-/m1/s1. The molecule has 0 saturated carbocycles. The third kappa shape index (κ3) is 4.34. The van der Waals surface area contributed by atoms with E-state index in [1.165, 1.54) is 12.1 Å². The summed E-state index contributed by atoms with van der Waals surface area (Å²) in [4.78, 5) is 14.4. The minimum Gasteiger partial charge on any atom is -0.350 e. The molecule has 0 aromatic heterocycles. The van der Waals surface area contributed by atoms with Crippen LogP contribution in [-0.4, -0.2) is 31.4 Å². The number of carbonyl (C=O) groups is 1. The Balaban J connectivity index is 1.77. The summed E-state index contributed by atoms with van der Waals surface area (Å²) in [6.07, 6.45) is -4.42. The van der Waals surface area contributed by atoms with Gasteiger partial charge in [0, 0.05) is 12.1 Å². The number of benzene rings is 3. The molecule has 0 saturated heterocycles. The van der Waals surface area contributed by atoms with Crippen molar-refractivity contribution in [3.05, 3.63) is 83.4 Å². The molecule has 1 atom stereocenters. The van der Waals surface area contributed by atoms with E-state index >= 15 is 0 Å². The summed E-state index contributed by atoms with van der Waals surface area (Å²) in [5.74, 6) is -0.402. The first-order valence-electron chi connectivity index (χ1n) is 8.87. The van der Waals surface area contributed by atoms with Crippen LogP contribution in [0.2, 0.25) is 0 Å². The SMILES string of the molecule is CN(C)[C@H](CNC(=O)c1ccc(C(F)(F)F)cc1)c1cccc2ccccc12. The molecule has 3 aromatic carbocycles. The molecule has 1 amide bonds. The van der Waals surface area contributed by atoms with Gasteiger partial charge in [-0.3, -0.25) is 4.79 Å². The minimum absolute atomic E-state index is 0.0792. The average Bonchev–Trinajstić information content (AvgIpc) is 2.67. The predicted molar refractivity (Wildman–Crippen MR) is 104 cm³/mol. The molecule has 6 heteroatoms. The minimum atomic E-state index is -4.42. The van der Waals surface area contributed by atoms with Gasteiger partial charge < -0.3 is 10.2 Å². The van der Waals surface area contributed by atoms with Crippen LogP contribution in [-0.2, 0) is 6.18 Å². The number of likely N-dealkylation sites (N-methyl/N-ethyl adjacent to an activating group) is 1. The highest BCUT2D eigenvalue weighted by Crippen LogP contribution is 2.29. The number of rotatable bonds is 5. The number of halogens is 3. The number of nitrogens with zero attached hydrogens (tertiary/aromatic N) is 1. The number of hydrogen-bond donors (Lipinski definition) is 1. The van der Waals surface area contributed by atoms with Crippen molar-refractivity contribution in [2.24, 2.45) is 0 Å². The highest BCUT2D eigenvalue weighted by atomic mass is 19.4. The van der Waals surface area contributed by atoms with Crippen LogP contribution in [0.4, 0.5) is 13.2 Å². The van der Waals surface area contributed by atoms with E-state index in [4.69, 9.17) is 0 Å². The fraction of sp³-hybridized carbons (Fsp3) is 0.227. The summed E-state index contributed by atoms with van der Waals surface area (Å²) in [7, 11) is 3.85. The lowest BCUT2D eigenvalue weighted by molar-refractivity contribution is -0.137. The van der Waals surface area contributed by atoms with Crippen molar-refractivity contribution in [1.82, 2.24) is 10.2 Å². The van der Waals surface area contributed by atoms with Crippen molar-refractivity contribution in [2.75, 3.05) is 20.6 Å². The second-order valence-electron chi connectivity index (χ2n) is 6.83. The van der Waals surface area contributed by atoms with E-state index in [2.05, 4.69) is 5.32 Å². The van der Waals surface area contributed by atoms with Gasteiger partial charge in [0.2, 0.25) is 0 Å². The Morgan fingerprint density at radius 2 is 1.61 bits per heavy atom. The Bertz CT molecular complexity index is 960. The van der Waals surface area contributed by atoms with Gasteiger partial charge in [-0.15, -0.1) is 0 Å². The van der Waals surface area contributed by atoms with Crippen molar-refractivity contribution in [3.63, 3.8) is 0 Å². The smallest absolute Gasteiger partial charge is 0.350 e. The van der Waals surface area contributed by atoms with Gasteiger partial charge in [-0.1, -0.05) is 42.5 Å². The van der Waals surface area contributed by atoms with E-state index < -0.39 is 17.6 Å². The number of carbonyl (C=O) groups excluding carboxylic acids is 1. The van der Waals surface area contributed by atoms with Gasteiger partial charge in [0.25, 0.3) is 5.91 Å². The summed E-state index contributed by atoms with van der Waals surface area (Å²) in [6, 6.07) is 18.2. The molecular weight excluding hydrogens is 365 g/mol. The molecule has 1 N–H and O–H groups in total. The molecule has 0 spiro atoms. The van der Waals surface area contributed by atoms with E-state index in [1.54, 1.807) is 0 Å². The molecule has 0 fully saturated rings. The summed E-state index contributed by atoms with van der Waals surface area (Å²) < 4.78 is 38.0. The first-order valence-corrected chi connectivity index (χ1v) is 8.87. The van der Waals surface area contributed by atoms with E-state index in [0.717, 1.165) is 28.5 Å². The van der Waals surface area contributed by atoms with Gasteiger partial charge in [0.05, 0.1) is 11.6 Å². The number of hydrogen-bond acceptors (Lipinski definition) is 2. The van der Waals surface area contributed by atoms with Gasteiger partial charge in [-0.05, 0) is 54.7 Å². The molecule has 0 bridgehead atoms. The third-order valence-electron chi connectivity index (χ3n) is 4.74. The van der Waals surface area contributed by atoms with E-state index in [9.17, 15) is 18.0 Å². The zero-order chi connectivity index (χ0) is 20.3. The van der Waals surface area contributed by atoms with Crippen molar-refractivity contribution < 1.29 is 18.0 Å². The zero-order valence-electron chi connectivity index (χ0n) is 15.6. The molecule has 0 heterocycles. The summed E-state index contributed by atoms with van der Waals surface area (Å²) in [6.45, 7) is 0.334. The maximum Gasteiger partial charge on any atom is 0.416 e. The molecule has 0 aliphatic rings. The van der Waals surface area contributed by atoms with E-state index in [1.807, 2.05) is 61.5 Å². The number of nitrogens with one attached hydrogen (secondary N) is 1. The van der Waals surface area contributed by atoms with Crippen molar-refractivity contribution >= 4 is 16.7 Å². The largest absolute Gasteiger partial charge is 0.416 e. The van der Waals surface area contributed by atoms with Gasteiger partial charge in [0.15, 0.2) is 0 Å². The Kier molecular flexibility index (Phi) is 5.70. The molecular formula is C22H21F3N2O. The maximum atomic E-state index is 12.7. The lowest BCUT2D eigenvalue weighted by Gasteiger charge is -2.26. The van der Waals surface area contributed by atoms with Crippen LogP contribution in [0.5, 0.6) is 0 Å². The first kappa shape index (κ1) is 19.9. The van der Waals surface area contributed by atoms with Crippen LogP contribution in [0.1, 0.15) is 27.5 Å². The normalized spacial score (nSPS) is 12.9. The van der Waals surface area contributed by atoms with E-state index in [-0.39, 0.29) is 11.6 Å². The molecule has 0 aliphatic heterocycles. The summed E-state index contributed by atoms with van der Waals surface area (Å²) >= 11 is 0. The molecule has 3 rings (SSSR count). The molecule has 3 aromatic rings. The fourth-order valence-electron chi connectivity index (χ4n) is 3.21. The summed E-state index contributed by atoms with van der Waals surface area (Å²) in [5, 5.41) is 5.06. The van der Waals surface area contributed by atoms with Crippen molar-refractivity contribution in [2.45, 2.75) is 12.2 Å². The predicted octanol–water partition coefficient (Wildman–Crippen LogP) is 4.89. The monoisotopic (exact) mass is 386 g/mol. The average molecular weight is 386 g/mol. The Morgan fingerprint density at radius 3 is 2.25 bits per heavy atom. The lowest BCUT2D eigenvalue weighted by atomic mass is 9.98. The Hall–Kier alpha value is -2.86. The van der Waals surface area contributed by atoms with Gasteiger partial charge in [0.1, 0.15) is 0 Å². The Labute approximate surface area is 161 Å². The fourth-order valence-corrected chi connectivity index (χ4v) is 3.21. The second kappa shape index (κ2) is 8.02. The zero-order valence-corrected chi connectivity index (χ0v) is 15.6. The third-order valence-corrected chi connectivity index (χ3v) is 4.74. The summed E-state index contributed by atoms with van der Waals surface area (Å²) in [5.41, 5.74) is 0.505. The second-order valence-corrected chi connectivity index (χ2v) is 6.83.